The Kier molecular flexibility index (Phi) is 8.19. The summed E-state index contributed by atoms with van der Waals surface area (Å²) in [5.41, 5.74) is -0.888. The number of amides is 1. The topological polar surface area (TPSA) is 78.4 Å². The van der Waals surface area contributed by atoms with Gasteiger partial charge in [-0.05, 0) is 13.3 Å². The molecule has 3 N–H and O–H groups in total. The maximum Gasteiger partial charge on any atom is 0.434 e. The summed E-state index contributed by atoms with van der Waals surface area (Å²) in [6, 6.07) is 0.0486. The van der Waals surface area contributed by atoms with E-state index < -0.39 is 11.9 Å². The van der Waals surface area contributed by atoms with Gasteiger partial charge in [-0.2, -0.15) is 13.2 Å². The molecule has 1 aliphatic rings. The van der Waals surface area contributed by atoms with Gasteiger partial charge >= 0.3 is 6.18 Å². The largest absolute Gasteiger partial charge is 0.434 e. The van der Waals surface area contributed by atoms with Crippen molar-refractivity contribution in [3.05, 3.63) is 16.1 Å². The van der Waals surface area contributed by atoms with Crippen molar-refractivity contribution < 1.29 is 18.0 Å². The lowest BCUT2D eigenvalue weighted by molar-refractivity contribution is -0.140. The number of aromatic nitrogens is 1. The molecular formula is C13H19F3IN5OS. The SMILES string of the molecule is CCNC(=NCc1nc(C(F)(F)F)cs1)NC1CCC(=O)NC1.I. The summed E-state index contributed by atoms with van der Waals surface area (Å²) in [6.45, 7) is 3.08. The van der Waals surface area contributed by atoms with Gasteiger partial charge in [-0.25, -0.2) is 9.98 Å². The molecule has 1 atom stereocenters. The van der Waals surface area contributed by atoms with Crippen LogP contribution in [0.25, 0.3) is 0 Å². The van der Waals surface area contributed by atoms with Crippen LogP contribution in [-0.4, -0.2) is 36.0 Å². The fraction of sp³-hybridized carbons (Fsp3) is 0.615. The number of guanidine groups is 1. The molecule has 2 rings (SSSR count). The van der Waals surface area contributed by atoms with E-state index in [1.54, 1.807) is 0 Å². The minimum Gasteiger partial charge on any atom is -0.357 e. The van der Waals surface area contributed by atoms with E-state index in [-0.39, 0.29) is 42.5 Å². The summed E-state index contributed by atoms with van der Waals surface area (Å²) in [4.78, 5) is 18.9. The summed E-state index contributed by atoms with van der Waals surface area (Å²) < 4.78 is 37.5. The van der Waals surface area contributed by atoms with Crippen LogP contribution in [0.3, 0.4) is 0 Å². The van der Waals surface area contributed by atoms with Crippen LogP contribution < -0.4 is 16.0 Å². The molecule has 1 aliphatic heterocycles. The Hall–Kier alpha value is -1.11. The lowest BCUT2D eigenvalue weighted by Gasteiger charge is -2.25. The van der Waals surface area contributed by atoms with Crippen molar-refractivity contribution in [1.82, 2.24) is 20.9 Å². The Morgan fingerprint density at radius 3 is 2.83 bits per heavy atom. The zero-order valence-corrected chi connectivity index (χ0v) is 16.1. The van der Waals surface area contributed by atoms with Crippen LogP contribution in [0.1, 0.15) is 30.5 Å². The minimum atomic E-state index is -4.43. The van der Waals surface area contributed by atoms with Gasteiger partial charge < -0.3 is 16.0 Å². The molecule has 24 heavy (non-hydrogen) atoms. The van der Waals surface area contributed by atoms with Crippen LogP contribution >= 0.6 is 35.3 Å². The van der Waals surface area contributed by atoms with E-state index in [2.05, 4.69) is 25.9 Å². The second-order valence-electron chi connectivity index (χ2n) is 5.00. The third-order valence-electron chi connectivity index (χ3n) is 3.17. The van der Waals surface area contributed by atoms with Crippen molar-refractivity contribution in [2.45, 2.75) is 38.5 Å². The fourth-order valence-electron chi connectivity index (χ4n) is 2.03. The number of carbonyl (C=O) groups is 1. The highest BCUT2D eigenvalue weighted by Gasteiger charge is 2.33. The molecule has 1 aromatic heterocycles. The first kappa shape index (κ1) is 20.9. The highest BCUT2D eigenvalue weighted by atomic mass is 127. The average molecular weight is 477 g/mol. The first-order valence-corrected chi connectivity index (χ1v) is 8.09. The van der Waals surface area contributed by atoms with E-state index in [0.29, 0.717) is 36.9 Å². The molecule has 0 aliphatic carbocycles. The van der Waals surface area contributed by atoms with Crippen molar-refractivity contribution in [3.8, 4) is 0 Å². The standard InChI is InChI=1S/C13H18F3N5OS.HI/c1-2-17-12(20-8-3-4-10(22)18-5-8)19-6-11-21-9(7-23-11)13(14,15)16;/h7-8H,2-6H2,1H3,(H,18,22)(H2,17,19,20);1H. The molecule has 6 nitrogen and oxygen atoms in total. The number of piperidine rings is 1. The van der Waals surface area contributed by atoms with Crippen LogP contribution in [0.5, 0.6) is 0 Å². The highest BCUT2D eigenvalue weighted by Crippen LogP contribution is 2.30. The van der Waals surface area contributed by atoms with E-state index in [1.165, 1.54) is 0 Å². The lowest BCUT2D eigenvalue weighted by atomic mass is 10.1. The molecule has 0 spiro atoms. The van der Waals surface area contributed by atoms with Gasteiger partial charge in [-0.3, -0.25) is 4.79 Å². The molecule has 136 valence electrons. The number of alkyl halides is 3. The second-order valence-corrected chi connectivity index (χ2v) is 5.95. The molecule has 1 aromatic rings. The number of carbonyl (C=O) groups excluding carboxylic acids is 1. The zero-order valence-electron chi connectivity index (χ0n) is 12.9. The number of aliphatic imine (C=N–C) groups is 1. The average Bonchev–Trinajstić information content (AvgIpc) is 2.96. The van der Waals surface area contributed by atoms with Crippen molar-refractivity contribution in [2.24, 2.45) is 4.99 Å². The minimum absolute atomic E-state index is 0. The maximum absolute atomic E-state index is 12.5. The van der Waals surface area contributed by atoms with Crippen LogP contribution in [-0.2, 0) is 17.5 Å². The number of nitrogens with one attached hydrogen (secondary N) is 3. The van der Waals surface area contributed by atoms with Crippen molar-refractivity contribution in [1.29, 1.82) is 0 Å². The molecule has 11 heteroatoms. The van der Waals surface area contributed by atoms with Gasteiger partial charge in [0.2, 0.25) is 5.91 Å². The summed E-state index contributed by atoms with van der Waals surface area (Å²) in [6.07, 6.45) is -3.30. The third-order valence-corrected chi connectivity index (χ3v) is 4.00. The molecule has 0 saturated carbocycles. The van der Waals surface area contributed by atoms with Gasteiger partial charge in [0.15, 0.2) is 11.7 Å². The van der Waals surface area contributed by atoms with Crippen molar-refractivity contribution in [3.63, 3.8) is 0 Å². The fourth-order valence-corrected chi connectivity index (χ4v) is 2.75. The Labute approximate surface area is 158 Å². The maximum atomic E-state index is 12.5. The third kappa shape index (κ3) is 6.42. The first-order valence-electron chi connectivity index (χ1n) is 7.21. The molecule has 1 amide bonds. The molecule has 0 radical (unpaired) electrons. The Bertz CT molecular complexity index is 568. The Balaban J connectivity index is 0.00000288. The smallest absolute Gasteiger partial charge is 0.357 e. The molecule has 2 heterocycles. The van der Waals surface area contributed by atoms with E-state index in [9.17, 15) is 18.0 Å². The summed E-state index contributed by atoms with van der Waals surface area (Å²) >= 11 is 0.932. The summed E-state index contributed by atoms with van der Waals surface area (Å²) in [7, 11) is 0. The number of thiazole rings is 1. The first-order chi connectivity index (χ1) is 10.9. The summed E-state index contributed by atoms with van der Waals surface area (Å²) in [5.74, 6) is 0.518. The number of rotatable bonds is 4. The van der Waals surface area contributed by atoms with Crippen LogP contribution in [0.4, 0.5) is 13.2 Å². The Morgan fingerprint density at radius 2 is 2.29 bits per heavy atom. The van der Waals surface area contributed by atoms with Crippen LogP contribution in [0.2, 0.25) is 0 Å². The molecule has 1 fully saturated rings. The van der Waals surface area contributed by atoms with E-state index in [4.69, 9.17) is 0 Å². The van der Waals surface area contributed by atoms with Gasteiger partial charge in [0.1, 0.15) is 5.01 Å². The molecule has 1 unspecified atom stereocenters. The normalized spacial score (nSPS) is 18.6. The van der Waals surface area contributed by atoms with E-state index in [0.717, 1.165) is 16.7 Å². The van der Waals surface area contributed by atoms with Crippen LogP contribution in [0, 0.1) is 0 Å². The monoisotopic (exact) mass is 477 g/mol. The predicted molar refractivity (Wildman–Crippen MR) is 96.5 cm³/mol. The predicted octanol–water partition coefficient (Wildman–Crippen LogP) is 2.11. The van der Waals surface area contributed by atoms with E-state index in [1.807, 2.05) is 6.92 Å². The van der Waals surface area contributed by atoms with E-state index >= 15 is 0 Å². The zero-order chi connectivity index (χ0) is 16.9. The van der Waals surface area contributed by atoms with Gasteiger partial charge in [0, 0.05) is 30.9 Å². The number of hydrogen-bond donors (Lipinski definition) is 3. The van der Waals surface area contributed by atoms with Gasteiger partial charge in [-0.1, -0.05) is 0 Å². The van der Waals surface area contributed by atoms with Gasteiger partial charge in [-0.15, -0.1) is 35.3 Å². The van der Waals surface area contributed by atoms with Gasteiger partial charge in [0.25, 0.3) is 0 Å². The molecular weight excluding hydrogens is 458 g/mol. The quantitative estimate of drug-likeness (QED) is 0.353. The second kappa shape index (κ2) is 9.39. The highest BCUT2D eigenvalue weighted by molar-refractivity contribution is 14.0. The van der Waals surface area contributed by atoms with Crippen LogP contribution in [0.15, 0.2) is 10.4 Å². The van der Waals surface area contributed by atoms with Crippen molar-refractivity contribution >= 4 is 47.2 Å². The Morgan fingerprint density at radius 1 is 1.54 bits per heavy atom. The molecule has 0 bridgehead atoms. The summed E-state index contributed by atoms with van der Waals surface area (Å²) in [5, 5.41) is 10.2. The lowest BCUT2D eigenvalue weighted by Crippen LogP contribution is -2.51. The number of hydrogen-bond acceptors (Lipinski definition) is 4. The molecule has 1 saturated heterocycles. The number of halogens is 4. The van der Waals surface area contributed by atoms with Crippen molar-refractivity contribution in [2.75, 3.05) is 13.1 Å². The molecule has 0 aromatic carbocycles. The van der Waals surface area contributed by atoms with Gasteiger partial charge in [0.05, 0.1) is 6.54 Å². The number of nitrogens with zero attached hydrogens (tertiary/aromatic N) is 2.